The predicted molar refractivity (Wildman–Crippen MR) is 71.3 cm³/mol. The molecule has 0 bridgehead atoms. The van der Waals surface area contributed by atoms with E-state index in [1.54, 1.807) is 6.92 Å². The summed E-state index contributed by atoms with van der Waals surface area (Å²) in [5.74, 6) is -0.633. The average molecular weight is 264 g/mol. The third-order valence-electron chi connectivity index (χ3n) is 2.48. The molecule has 0 heterocycles. The van der Waals surface area contributed by atoms with Crippen LogP contribution in [0.15, 0.2) is 30.3 Å². The lowest BCUT2D eigenvalue weighted by Gasteiger charge is -2.12. The zero-order valence-electron chi connectivity index (χ0n) is 11.4. The fourth-order valence-corrected chi connectivity index (χ4v) is 1.56. The van der Waals surface area contributed by atoms with Crippen molar-refractivity contribution in [1.82, 2.24) is 0 Å². The van der Waals surface area contributed by atoms with Gasteiger partial charge in [-0.15, -0.1) is 0 Å². The molecule has 0 unspecified atom stereocenters. The quantitative estimate of drug-likeness (QED) is 0.711. The van der Waals surface area contributed by atoms with E-state index in [4.69, 9.17) is 9.47 Å². The first-order valence-electron chi connectivity index (χ1n) is 6.50. The highest BCUT2D eigenvalue weighted by atomic mass is 16.6. The molecule has 0 saturated carbocycles. The number of ether oxygens (including phenoxy) is 2. The minimum Gasteiger partial charge on any atom is -0.462 e. The van der Waals surface area contributed by atoms with Gasteiger partial charge >= 0.3 is 11.9 Å². The molecule has 4 heteroatoms. The van der Waals surface area contributed by atoms with Gasteiger partial charge in [-0.05, 0) is 18.9 Å². The van der Waals surface area contributed by atoms with E-state index in [2.05, 4.69) is 0 Å². The number of carbonyl (C=O) groups is 2. The van der Waals surface area contributed by atoms with Gasteiger partial charge in [0.05, 0.1) is 6.42 Å². The Labute approximate surface area is 113 Å². The molecule has 0 amide bonds. The number of rotatable bonds is 7. The van der Waals surface area contributed by atoms with Crippen molar-refractivity contribution in [3.8, 4) is 0 Å². The van der Waals surface area contributed by atoms with E-state index in [-0.39, 0.29) is 25.0 Å². The Morgan fingerprint density at radius 3 is 2.47 bits per heavy atom. The Hall–Kier alpha value is -1.84. The molecule has 4 nitrogen and oxygen atoms in total. The summed E-state index contributed by atoms with van der Waals surface area (Å²) >= 11 is 0. The number of hydrogen-bond acceptors (Lipinski definition) is 4. The van der Waals surface area contributed by atoms with Crippen LogP contribution in [-0.4, -0.2) is 18.0 Å². The average Bonchev–Trinajstić information content (AvgIpc) is 2.37. The number of esters is 2. The first-order chi connectivity index (χ1) is 9.11. The van der Waals surface area contributed by atoms with Crippen LogP contribution in [0, 0.1) is 0 Å². The molecule has 0 saturated heterocycles. The van der Waals surface area contributed by atoms with Crippen LogP contribution < -0.4 is 0 Å². The molecular formula is C15H20O4. The Kier molecular flexibility index (Phi) is 6.64. The van der Waals surface area contributed by atoms with Gasteiger partial charge < -0.3 is 9.47 Å². The Morgan fingerprint density at radius 2 is 1.84 bits per heavy atom. The molecular weight excluding hydrogens is 244 g/mol. The van der Waals surface area contributed by atoms with Gasteiger partial charge in [-0.1, -0.05) is 37.3 Å². The SMILES string of the molecule is CCCC(=O)O[C@H](C)CC(=O)OCc1ccccc1. The van der Waals surface area contributed by atoms with Gasteiger partial charge in [0.25, 0.3) is 0 Å². The largest absolute Gasteiger partial charge is 0.462 e. The van der Waals surface area contributed by atoms with Crippen molar-refractivity contribution in [3.05, 3.63) is 35.9 Å². The van der Waals surface area contributed by atoms with E-state index in [1.807, 2.05) is 37.3 Å². The summed E-state index contributed by atoms with van der Waals surface area (Å²) in [6, 6.07) is 9.45. The highest BCUT2D eigenvalue weighted by molar-refractivity contribution is 5.72. The summed E-state index contributed by atoms with van der Waals surface area (Å²) in [6.45, 7) is 3.84. The van der Waals surface area contributed by atoms with Crippen LogP contribution in [0.1, 0.15) is 38.7 Å². The van der Waals surface area contributed by atoms with Gasteiger partial charge in [0, 0.05) is 6.42 Å². The number of carbonyl (C=O) groups excluding carboxylic acids is 2. The molecule has 0 fully saturated rings. The molecule has 0 N–H and O–H groups in total. The zero-order valence-corrected chi connectivity index (χ0v) is 11.4. The summed E-state index contributed by atoms with van der Waals surface area (Å²) < 4.78 is 10.2. The van der Waals surface area contributed by atoms with E-state index in [9.17, 15) is 9.59 Å². The van der Waals surface area contributed by atoms with Crippen LogP contribution in [0.5, 0.6) is 0 Å². The van der Waals surface area contributed by atoms with Gasteiger partial charge in [0.15, 0.2) is 0 Å². The summed E-state index contributed by atoms with van der Waals surface area (Å²) in [4.78, 5) is 22.8. The third-order valence-corrected chi connectivity index (χ3v) is 2.48. The fourth-order valence-electron chi connectivity index (χ4n) is 1.56. The Morgan fingerprint density at radius 1 is 1.16 bits per heavy atom. The second kappa shape index (κ2) is 8.29. The third kappa shape index (κ3) is 6.60. The maximum absolute atomic E-state index is 11.6. The van der Waals surface area contributed by atoms with Crippen LogP contribution in [0.25, 0.3) is 0 Å². The first-order valence-corrected chi connectivity index (χ1v) is 6.50. The Bertz CT molecular complexity index is 400. The molecule has 0 spiro atoms. The molecule has 1 atom stereocenters. The highest BCUT2D eigenvalue weighted by Crippen LogP contribution is 2.06. The van der Waals surface area contributed by atoms with Crippen LogP contribution in [0.3, 0.4) is 0 Å². The minimum absolute atomic E-state index is 0.0856. The number of benzene rings is 1. The van der Waals surface area contributed by atoms with E-state index in [1.165, 1.54) is 0 Å². The zero-order chi connectivity index (χ0) is 14.1. The van der Waals surface area contributed by atoms with Gasteiger partial charge in [-0.2, -0.15) is 0 Å². The normalized spacial score (nSPS) is 11.7. The van der Waals surface area contributed by atoms with Crippen LogP contribution in [0.2, 0.25) is 0 Å². The maximum atomic E-state index is 11.6. The highest BCUT2D eigenvalue weighted by Gasteiger charge is 2.14. The minimum atomic E-state index is -0.442. The number of hydrogen-bond donors (Lipinski definition) is 0. The van der Waals surface area contributed by atoms with E-state index in [0.29, 0.717) is 6.42 Å². The second-order valence-electron chi connectivity index (χ2n) is 4.40. The van der Waals surface area contributed by atoms with Crippen LogP contribution in [-0.2, 0) is 25.7 Å². The van der Waals surface area contributed by atoms with Gasteiger partial charge in [0.2, 0.25) is 0 Å². The van der Waals surface area contributed by atoms with Crippen molar-refractivity contribution < 1.29 is 19.1 Å². The van der Waals surface area contributed by atoms with Crippen LogP contribution in [0.4, 0.5) is 0 Å². The molecule has 1 rings (SSSR count). The smallest absolute Gasteiger partial charge is 0.309 e. The molecule has 1 aromatic carbocycles. The van der Waals surface area contributed by atoms with Crippen molar-refractivity contribution in [2.75, 3.05) is 0 Å². The van der Waals surface area contributed by atoms with Crippen LogP contribution >= 0.6 is 0 Å². The fraction of sp³-hybridized carbons (Fsp3) is 0.467. The van der Waals surface area contributed by atoms with E-state index in [0.717, 1.165) is 12.0 Å². The summed E-state index contributed by atoms with van der Waals surface area (Å²) in [5, 5.41) is 0. The molecule has 0 aromatic heterocycles. The van der Waals surface area contributed by atoms with E-state index < -0.39 is 6.10 Å². The second-order valence-corrected chi connectivity index (χ2v) is 4.40. The van der Waals surface area contributed by atoms with Gasteiger partial charge in [-0.25, -0.2) is 0 Å². The lowest BCUT2D eigenvalue weighted by molar-refractivity contribution is -0.154. The molecule has 1 aromatic rings. The van der Waals surface area contributed by atoms with Crippen molar-refractivity contribution in [2.45, 2.75) is 45.8 Å². The monoisotopic (exact) mass is 264 g/mol. The predicted octanol–water partition coefficient (Wildman–Crippen LogP) is 2.85. The standard InChI is InChI=1S/C15H20O4/c1-3-7-14(16)19-12(2)10-15(17)18-11-13-8-5-4-6-9-13/h4-6,8-9,12H,3,7,10-11H2,1-2H3/t12-/m1/s1. The molecule has 0 aliphatic heterocycles. The summed E-state index contributed by atoms with van der Waals surface area (Å²) in [5.41, 5.74) is 0.937. The lowest BCUT2D eigenvalue weighted by Crippen LogP contribution is -2.19. The maximum Gasteiger partial charge on any atom is 0.309 e. The molecule has 104 valence electrons. The lowest BCUT2D eigenvalue weighted by atomic mass is 10.2. The van der Waals surface area contributed by atoms with Crippen molar-refractivity contribution in [1.29, 1.82) is 0 Å². The molecule has 19 heavy (non-hydrogen) atoms. The molecule has 0 aliphatic carbocycles. The van der Waals surface area contributed by atoms with Crippen molar-refractivity contribution >= 4 is 11.9 Å². The first kappa shape index (κ1) is 15.2. The Balaban J connectivity index is 2.25. The molecule has 0 radical (unpaired) electrons. The summed E-state index contributed by atoms with van der Waals surface area (Å²) in [6.07, 6.45) is 0.762. The van der Waals surface area contributed by atoms with Gasteiger partial charge in [-0.3, -0.25) is 9.59 Å². The topological polar surface area (TPSA) is 52.6 Å². The van der Waals surface area contributed by atoms with E-state index >= 15 is 0 Å². The molecule has 0 aliphatic rings. The van der Waals surface area contributed by atoms with Gasteiger partial charge in [0.1, 0.15) is 12.7 Å². The van der Waals surface area contributed by atoms with Crippen molar-refractivity contribution in [2.24, 2.45) is 0 Å². The summed E-state index contributed by atoms with van der Waals surface area (Å²) in [7, 11) is 0. The van der Waals surface area contributed by atoms with Crippen molar-refractivity contribution in [3.63, 3.8) is 0 Å².